The Balaban J connectivity index is 2.34. The SMILES string of the molecule is COC(=O)c1ccc(C(=O)OC)c(S(=O)(=O)NNC(=O)c2ccc(C)cc2)c1. The second kappa shape index (κ2) is 8.63. The van der Waals surface area contributed by atoms with Gasteiger partial charge < -0.3 is 9.47 Å². The predicted molar refractivity (Wildman–Crippen MR) is 98.1 cm³/mol. The van der Waals surface area contributed by atoms with E-state index in [1.54, 1.807) is 12.1 Å². The van der Waals surface area contributed by atoms with Crippen molar-refractivity contribution in [1.29, 1.82) is 0 Å². The molecule has 0 saturated carbocycles. The summed E-state index contributed by atoms with van der Waals surface area (Å²) in [7, 11) is -2.20. The van der Waals surface area contributed by atoms with E-state index in [1.807, 2.05) is 11.8 Å². The van der Waals surface area contributed by atoms with Gasteiger partial charge in [-0.3, -0.25) is 10.2 Å². The summed E-state index contributed by atoms with van der Waals surface area (Å²) in [4.78, 5) is 37.1. The third-order valence-electron chi connectivity index (χ3n) is 3.71. The lowest BCUT2D eigenvalue weighted by Crippen LogP contribution is -2.42. The molecule has 0 aliphatic heterocycles. The van der Waals surface area contributed by atoms with Gasteiger partial charge in [0.05, 0.1) is 30.2 Å². The number of rotatable bonds is 6. The Labute approximate surface area is 161 Å². The number of hydrazine groups is 1. The maximum Gasteiger partial charge on any atom is 0.339 e. The molecule has 0 unspecified atom stereocenters. The van der Waals surface area contributed by atoms with Gasteiger partial charge in [-0.25, -0.2) is 18.0 Å². The molecule has 2 N–H and O–H groups in total. The second-order valence-corrected chi connectivity index (χ2v) is 7.27. The number of carbonyl (C=O) groups excluding carboxylic acids is 3. The van der Waals surface area contributed by atoms with Gasteiger partial charge in [-0.2, -0.15) is 0 Å². The van der Waals surface area contributed by atoms with Crippen molar-refractivity contribution < 1.29 is 32.3 Å². The number of methoxy groups -OCH3 is 2. The summed E-state index contributed by atoms with van der Waals surface area (Å²) < 4.78 is 34.4. The fourth-order valence-electron chi connectivity index (χ4n) is 2.21. The summed E-state index contributed by atoms with van der Waals surface area (Å²) in [6.45, 7) is 1.84. The maximum absolute atomic E-state index is 12.6. The van der Waals surface area contributed by atoms with Crippen LogP contribution in [0, 0.1) is 6.92 Å². The zero-order valence-electron chi connectivity index (χ0n) is 15.3. The van der Waals surface area contributed by atoms with Crippen LogP contribution in [0.25, 0.3) is 0 Å². The Morgan fingerprint density at radius 1 is 0.857 bits per heavy atom. The van der Waals surface area contributed by atoms with Crippen molar-refractivity contribution in [2.45, 2.75) is 11.8 Å². The van der Waals surface area contributed by atoms with Gasteiger partial charge in [0.25, 0.3) is 15.9 Å². The van der Waals surface area contributed by atoms with E-state index in [4.69, 9.17) is 0 Å². The highest BCUT2D eigenvalue weighted by atomic mass is 32.2. The third-order valence-corrected chi connectivity index (χ3v) is 5.00. The second-order valence-electron chi connectivity index (χ2n) is 5.62. The molecule has 1 amide bonds. The Hall–Kier alpha value is -3.24. The highest BCUT2D eigenvalue weighted by Gasteiger charge is 2.25. The van der Waals surface area contributed by atoms with Crippen LogP contribution in [-0.2, 0) is 19.5 Å². The van der Waals surface area contributed by atoms with E-state index >= 15 is 0 Å². The Morgan fingerprint density at radius 2 is 1.43 bits per heavy atom. The van der Waals surface area contributed by atoms with Gasteiger partial charge in [0.15, 0.2) is 0 Å². The van der Waals surface area contributed by atoms with Crippen LogP contribution in [0.15, 0.2) is 47.4 Å². The summed E-state index contributed by atoms with van der Waals surface area (Å²) in [5.41, 5.74) is 2.81. The van der Waals surface area contributed by atoms with E-state index in [2.05, 4.69) is 14.9 Å². The molecule has 0 heterocycles. The van der Waals surface area contributed by atoms with Crippen LogP contribution < -0.4 is 10.3 Å². The van der Waals surface area contributed by atoms with Gasteiger partial charge in [-0.05, 0) is 37.3 Å². The number of esters is 2. The molecule has 2 rings (SSSR count). The zero-order valence-corrected chi connectivity index (χ0v) is 16.1. The van der Waals surface area contributed by atoms with Gasteiger partial charge >= 0.3 is 11.9 Å². The number of hydrogen-bond acceptors (Lipinski definition) is 7. The number of nitrogens with one attached hydrogen (secondary N) is 2. The fourth-order valence-corrected chi connectivity index (χ4v) is 3.27. The Bertz CT molecular complexity index is 1010. The van der Waals surface area contributed by atoms with E-state index in [0.29, 0.717) is 0 Å². The predicted octanol–water partition coefficient (Wildman–Crippen LogP) is 1.19. The monoisotopic (exact) mass is 406 g/mol. The van der Waals surface area contributed by atoms with Gasteiger partial charge in [0, 0.05) is 5.56 Å². The molecule has 0 fully saturated rings. The van der Waals surface area contributed by atoms with Gasteiger partial charge in [0.2, 0.25) is 0 Å². The van der Waals surface area contributed by atoms with Crippen molar-refractivity contribution in [3.63, 3.8) is 0 Å². The molecule has 28 heavy (non-hydrogen) atoms. The highest BCUT2D eigenvalue weighted by Crippen LogP contribution is 2.19. The van der Waals surface area contributed by atoms with Gasteiger partial charge in [-0.15, -0.1) is 4.83 Å². The van der Waals surface area contributed by atoms with E-state index < -0.39 is 32.8 Å². The molecular formula is C18H18N2O7S. The molecule has 0 atom stereocenters. The smallest absolute Gasteiger partial charge is 0.339 e. The molecule has 2 aromatic rings. The minimum atomic E-state index is -4.41. The van der Waals surface area contributed by atoms with Crippen molar-refractivity contribution in [3.05, 3.63) is 64.7 Å². The minimum Gasteiger partial charge on any atom is -0.465 e. The summed E-state index contributed by atoms with van der Waals surface area (Å²) >= 11 is 0. The first kappa shape index (κ1) is 21.1. The number of hydrogen-bond donors (Lipinski definition) is 2. The van der Waals surface area contributed by atoms with Crippen molar-refractivity contribution in [3.8, 4) is 0 Å². The number of sulfonamides is 1. The topological polar surface area (TPSA) is 128 Å². The molecule has 0 aliphatic carbocycles. The van der Waals surface area contributed by atoms with E-state index in [9.17, 15) is 22.8 Å². The average Bonchev–Trinajstić information content (AvgIpc) is 2.70. The molecule has 10 heteroatoms. The quantitative estimate of drug-likeness (QED) is 0.545. The molecule has 0 aromatic heterocycles. The Morgan fingerprint density at radius 3 is 2.00 bits per heavy atom. The minimum absolute atomic E-state index is 0.0969. The lowest BCUT2D eigenvalue weighted by atomic mass is 10.1. The van der Waals surface area contributed by atoms with E-state index in [-0.39, 0.29) is 16.7 Å². The molecule has 0 bridgehead atoms. The number of ether oxygens (including phenoxy) is 2. The highest BCUT2D eigenvalue weighted by molar-refractivity contribution is 7.89. The fraction of sp³-hybridized carbons (Fsp3) is 0.167. The van der Waals surface area contributed by atoms with Crippen LogP contribution in [0.4, 0.5) is 0 Å². The first-order valence-electron chi connectivity index (χ1n) is 7.89. The average molecular weight is 406 g/mol. The lowest BCUT2D eigenvalue weighted by molar-refractivity contribution is 0.0583. The van der Waals surface area contributed by atoms with E-state index in [0.717, 1.165) is 31.9 Å². The first-order chi connectivity index (χ1) is 13.2. The molecule has 9 nitrogen and oxygen atoms in total. The van der Waals surface area contributed by atoms with Gasteiger partial charge in [-0.1, -0.05) is 17.7 Å². The van der Waals surface area contributed by atoms with Crippen LogP contribution in [0.2, 0.25) is 0 Å². The van der Waals surface area contributed by atoms with Crippen molar-refractivity contribution >= 4 is 27.9 Å². The number of benzene rings is 2. The summed E-state index contributed by atoms with van der Waals surface area (Å²) in [5, 5.41) is 0. The van der Waals surface area contributed by atoms with Crippen LogP contribution in [-0.4, -0.2) is 40.5 Å². The largest absolute Gasteiger partial charge is 0.465 e. The molecule has 0 saturated heterocycles. The van der Waals surface area contributed by atoms with Crippen molar-refractivity contribution in [2.24, 2.45) is 0 Å². The van der Waals surface area contributed by atoms with Crippen molar-refractivity contribution in [2.75, 3.05) is 14.2 Å². The van der Waals surface area contributed by atoms with Gasteiger partial charge in [0.1, 0.15) is 0 Å². The van der Waals surface area contributed by atoms with Crippen LogP contribution in [0.3, 0.4) is 0 Å². The maximum atomic E-state index is 12.6. The normalized spacial score (nSPS) is 10.8. The summed E-state index contributed by atoms with van der Waals surface area (Å²) in [6.07, 6.45) is 0. The lowest BCUT2D eigenvalue weighted by Gasteiger charge is -2.12. The number of amides is 1. The molecular weight excluding hydrogens is 388 g/mol. The number of aryl methyl sites for hydroxylation is 1. The number of carbonyl (C=O) groups is 3. The first-order valence-corrected chi connectivity index (χ1v) is 9.37. The molecule has 0 aliphatic rings. The Kier molecular flexibility index (Phi) is 6.49. The molecule has 148 valence electrons. The third kappa shape index (κ3) is 4.72. The summed E-state index contributed by atoms with van der Waals surface area (Å²) in [6, 6.07) is 9.74. The molecule has 0 radical (unpaired) electrons. The van der Waals surface area contributed by atoms with Crippen LogP contribution in [0.5, 0.6) is 0 Å². The molecule has 0 spiro atoms. The van der Waals surface area contributed by atoms with Crippen molar-refractivity contribution in [1.82, 2.24) is 10.3 Å². The van der Waals surface area contributed by atoms with E-state index in [1.165, 1.54) is 18.2 Å². The summed E-state index contributed by atoms with van der Waals surface area (Å²) in [5.74, 6) is -2.43. The van der Waals surface area contributed by atoms with Crippen LogP contribution >= 0.6 is 0 Å². The molecule has 2 aromatic carbocycles. The standard InChI is InChI=1S/C18H18N2O7S/c1-11-4-6-12(7-5-11)16(21)19-20-28(24,25)15-10-13(17(22)26-2)8-9-14(15)18(23)27-3/h4-10,20H,1-3H3,(H,19,21). The van der Waals surface area contributed by atoms with Crippen LogP contribution in [0.1, 0.15) is 36.6 Å². The zero-order chi connectivity index (χ0) is 20.9.